The van der Waals surface area contributed by atoms with Crippen LogP contribution in [0.4, 0.5) is 10.1 Å². The smallest absolute Gasteiger partial charge is 0.265 e. The summed E-state index contributed by atoms with van der Waals surface area (Å²) in [5.74, 6) is -0.187. The van der Waals surface area contributed by atoms with E-state index in [-0.39, 0.29) is 24.2 Å². The van der Waals surface area contributed by atoms with E-state index in [0.717, 1.165) is 4.70 Å². The number of nitrogens with one attached hydrogen (secondary N) is 1. The van der Waals surface area contributed by atoms with Gasteiger partial charge in [-0.15, -0.1) is 11.3 Å². The monoisotopic (exact) mass is 372 g/mol. The predicted molar refractivity (Wildman–Crippen MR) is 100 cm³/mol. The van der Waals surface area contributed by atoms with Crippen molar-refractivity contribution >= 4 is 38.9 Å². The van der Waals surface area contributed by atoms with Crippen molar-refractivity contribution in [2.24, 2.45) is 0 Å². The number of carbonyl (C=O) groups excluding carboxylic acids is 2. The van der Waals surface area contributed by atoms with Crippen LogP contribution in [-0.2, 0) is 4.79 Å². The van der Waals surface area contributed by atoms with Crippen LogP contribution in [0, 0.1) is 5.82 Å². The molecule has 1 N–H and O–H groups in total. The van der Waals surface area contributed by atoms with Crippen LogP contribution in [0.5, 0.6) is 5.75 Å². The first-order chi connectivity index (χ1) is 12.4. The average Bonchev–Trinajstić information content (AvgIpc) is 3.04. The third-order valence-corrected chi connectivity index (χ3v) is 4.79. The minimum atomic E-state index is -0.328. The fourth-order valence-electron chi connectivity index (χ4n) is 2.23. The van der Waals surface area contributed by atoms with E-state index in [9.17, 15) is 14.0 Å². The Bertz CT molecular complexity index is 951. The maximum Gasteiger partial charge on any atom is 0.265 e. The number of likely N-dealkylation sites (N-methyl/N-ethyl adjacent to an activating group) is 1. The van der Waals surface area contributed by atoms with Crippen molar-refractivity contribution in [1.29, 1.82) is 0 Å². The van der Waals surface area contributed by atoms with Crippen LogP contribution < -0.4 is 10.1 Å². The molecule has 134 valence electrons. The van der Waals surface area contributed by atoms with Crippen LogP contribution >= 0.6 is 11.3 Å². The maximum absolute atomic E-state index is 13.3. The topological polar surface area (TPSA) is 58.6 Å². The lowest BCUT2D eigenvalue weighted by Crippen LogP contribution is -2.27. The lowest BCUT2D eigenvalue weighted by atomic mass is 10.2. The maximum atomic E-state index is 13.3. The molecule has 0 atom stereocenters. The number of rotatable bonds is 5. The molecule has 0 saturated carbocycles. The largest absolute Gasteiger partial charge is 0.484 e. The van der Waals surface area contributed by atoms with Gasteiger partial charge in [-0.1, -0.05) is 0 Å². The van der Waals surface area contributed by atoms with Crippen LogP contribution in [0.2, 0.25) is 0 Å². The van der Waals surface area contributed by atoms with Crippen LogP contribution in [-0.4, -0.2) is 37.4 Å². The van der Waals surface area contributed by atoms with Gasteiger partial charge >= 0.3 is 0 Å². The highest BCUT2D eigenvalue weighted by Gasteiger charge is 2.11. The Morgan fingerprint density at radius 2 is 1.85 bits per heavy atom. The zero-order valence-corrected chi connectivity index (χ0v) is 15.1. The summed E-state index contributed by atoms with van der Waals surface area (Å²) >= 11 is 1.30. The van der Waals surface area contributed by atoms with Gasteiger partial charge in [0.25, 0.3) is 11.8 Å². The molecule has 0 saturated heterocycles. The van der Waals surface area contributed by atoms with Gasteiger partial charge in [0.2, 0.25) is 0 Å². The number of halogens is 1. The van der Waals surface area contributed by atoms with Gasteiger partial charge in [0.15, 0.2) is 6.61 Å². The third kappa shape index (κ3) is 4.18. The highest BCUT2D eigenvalue weighted by Crippen LogP contribution is 2.27. The quantitative estimate of drug-likeness (QED) is 0.742. The Labute approximate surface area is 154 Å². The van der Waals surface area contributed by atoms with Gasteiger partial charge in [-0.2, -0.15) is 0 Å². The van der Waals surface area contributed by atoms with Crippen molar-refractivity contribution in [2.75, 3.05) is 26.0 Å². The first-order valence-electron chi connectivity index (χ1n) is 7.86. The van der Waals surface area contributed by atoms with E-state index in [1.165, 1.54) is 28.4 Å². The van der Waals surface area contributed by atoms with Gasteiger partial charge < -0.3 is 15.0 Å². The lowest BCUT2D eigenvalue weighted by molar-refractivity contribution is -0.130. The molecule has 0 spiro atoms. The summed E-state index contributed by atoms with van der Waals surface area (Å²) in [6.45, 7) is -0.0446. The van der Waals surface area contributed by atoms with Crippen LogP contribution in [0.15, 0.2) is 48.5 Å². The number of carbonyl (C=O) groups is 2. The van der Waals surface area contributed by atoms with Gasteiger partial charge in [-0.3, -0.25) is 9.59 Å². The molecule has 26 heavy (non-hydrogen) atoms. The van der Waals surface area contributed by atoms with E-state index in [1.54, 1.807) is 50.5 Å². The molecule has 3 rings (SSSR count). The molecule has 0 unspecified atom stereocenters. The van der Waals surface area contributed by atoms with Crippen molar-refractivity contribution in [3.8, 4) is 5.75 Å². The first kappa shape index (κ1) is 17.9. The number of nitrogens with zero attached hydrogens (tertiary/aromatic N) is 1. The van der Waals surface area contributed by atoms with Crippen LogP contribution in [0.25, 0.3) is 10.1 Å². The Morgan fingerprint density at radius 1 is 1.12 bits per heavy atom. The Kier molecular flexibility index (Phi) is 5.18. The van der Waals surface area contributed by atoms with Crippen molar-refractivity contribution in [1.82, 2.24) is 4.90 Å². The van der Waals surface area contributed by atoms with E-state index >= 15 is 0 Å². The molecule has 7 heteroatoms. The molecule has 1 aromatic heterocycles. The normalized spacial score (nSPS) is 10.6. The van der Waals surface area contributed by atoms with Gasteiger partial charge in [0.05, 0.1) is 4.88 Å². The molecule has 0 radical (unpaired) electrons. The second-order valence-electron chi connectivity index (χ2n) is 5.85. The summed E-state index contributed by atoms with van der Waals surface area (Å²) in [6, 6.07) is 12.9. The SMILES string of the molecule is CN(C)C(=O)COc1ccc(NC(=O)c2cc3cc(F)ccc3s2)cc1. The molecule has 2 amide bonds. The Morgan fingerprint density at radius 3 is 2.54 bits per heavy atom. The molecular formula is C19H17FN2O3S. The number of fused-ring (bicyclic) bond motifs is 1. The van der Waals surface area contributed by atoms with Crippen molar-refractivity contribution in [3.63, 3.8) is 0 Å². The van der Waals surface area contributed by atoms with Gasteiger partial charge in [-0.05, 0) is 53.9 Å². The van der Waals surface area contributed by atoms with E-state index in [4.69, 9.17) is 4.74 Å². The third-order valence-electron chi connectivity index (χ3n) is 3.68. The number of hydrogen-bond acceptors (Lipinski definition) is 4. The lowest BCUT2D eigenvalue weighted by Gasteiger charge is -2.11. The molecule has 0 bridgehead atoms. The molecule has 5 nitrogen and oxygen atoms in total. The number of thiophene rings is 1. The standard InChI is InChI=1S/C19H17FN2O3S/c1-22(2)18(23)11-25-15-6-4-14(5-7-15)21-19(24)17-10-12-9-13(20)3-8-16(12)26-17/h3-10H,11H2,1-2H3,(H,21,24). The predicted octanol–water partition coefficient (Wildman–Crippen LogP) is 3.76. The number of ether oxygens (including phenoxy) is 1. The Hall–Kier alpha value is -2.93. The summed E-state index contributed by atoms with van der Waals surface area (Å²) in [7, 11) is 3.32. The van der Waals surface area contributed by atoms with E-state index < -0.39 is 0 Å². The highest BCUT2D eigenvalue weighted by molar-refractivity contribution is 7.20. The minimum Gasteiger partial charge on any atom is -0.484 e. The molecule has 1 heterocycles. The number of hydrogen-bond donors (Lipinski definition) is 1. The molecule has 0 aliphatic heterocycles. The molecular weight excluding hydrogens is 355 g/mol. The summed E-state index contributed by atoms with van der Waals surface area (Å²) in [5, 5.41) is 3.49. The molecule has 3 aromatic rings. The second kappa shape index (κ2) is 7.53. The zero-order valence-electron chi connectivity index (χ0n) is 14.3. The van der Waals surface area contributed by atoms with Gasteiger partial charge in [0, 0.05) is 24.5 Å². The van der Waals surface area contributed by atoms with Crippen molar-refractivity contribution in [3.05, 3.63) is 59.2 Å². The van der Waals surface area contributed by atoms with Gasteiger partial charge in [0.1, 0.15) is 11.6 Å². The van der Waals surface area contributed by atoms with Crippen LogP contribution in [0.3, 0.4) is 0 Å². The summed E-state index contributed by atoms with van der Waals surface area (Å²) in [4.78, 5) is 25.8. The minimum absolute atomic E-state index is 0.0446. The Balaban J connectivity index is 1.64. The fourth-order valence-corrected chi connectivity index (χ4v) is 3.17. The van der Waals surface area contributed by atoms with Crippen molar-refractivity contribution in [2.45, 2.75) is 0 Å². The molecule has 0 aliphatic rings. The van der Waals surface area contributed by atoms with E-state index in [1.807, 2.05) is 0 Å². The van der Waals surface area contributed by atoms with Gasteiger partial charge in [-0.25, -0.2) is 4.39 Å². The summed E-state index contributed by atoms with van der Waals surface area (Å²) < 4.78 is 19.5. The zero-order chi connectivity index (χ0) is 18.7. The first-order valence-corrected chi connectivity index (χ1v) is 8.67. The molecule has 0 fully saturated rings. The summed E-state index contributed by atoms with van der Waals surface area (Å²) in [5.41, 5.74) is 0.602. The fraction of sp³-hybridized carbons (Fsp3) is 0.158. The van der Waals surface area contributed by atoms with Crippen LogP contribution in [0.1, 0.15) is 9.67 Å². The average molecular weight is 372 g/mol. The number of anilines is 1. The molecule has 2 aromatic carbocycles. The number of benzene rings is 2. The molecule has 0 aliphatic carbocycles. The summed E-state index contributed by atoms with van der Waals surface area (Å²) in [6.07, 6.45) is 0. The van der Waals surface area contributed by atoms with Crippen molar-refractivity contribution < 1.29 is 18.7 Å². The van der Waals surface area contributed by atoms with E-state index in [0.29, 0.717) is 21.7 Å². The highest BCUT2D eigenvalue weighted by atomic mass is 32.1. The second-order valence-corrected chi connectivity index (χ2v) is 6.93. The van der Waals surface area contributed by atoms with E-state index in [2.05, 4.69) is 5.32 Å². The number of amides is 2.